The maximum absolute atomic E-state index is 12.4. The summed E-state index contributed by atoms with van der Waals surface area (Å²) in [6, 6.07) is 10.7. The second-order valence-electron chi connectivity index (χ2n) is 6.27. The minimum Gasteiger partial charge on any atom is -0.486 e. The van der Waals surface area contributed by atoms with Crippen molar-refractivity contribution >= 4 is 17.8 Å². The first-order chi connectivity index (χ1) is 14.0. The van der Waals surface area contributed by atoms with E-state index in [-0.39, 0.29) is 36.3 Å². The number of hydrogen-bond acceptors (Lipinski definition) is 7. The molecule has 2 amide bonds. The predicted molar refractivity (Wildman–Crippen MR) is 106 cm³/mol. The number of ether oxygens (including phenoxy) is 2. The predicted octanol–water partition coefficient (Wildman–Crippen LogP) is 2.22. The number of nitrogens with zero attached hydrogens (tertiary/aromatic N) is 1. The fraction of sp³-hybridized carbons (Fsp3) is 0.333. The molecule has 0 aliphatic heterocycles. The third-order valence-corrected chi connectivity index (χ3v) is 4.16. The molecule has 0 radical (unpaired) electrons. The Kier molecular flexibility index (Phi) is 8.29. The lowest BCUT2D eigenvalue weighted by Gasteiger charge is -2.15. The molecule has 2 rings (SSSR count). The van der Waals surface area contributed by atoms with Crippen LogP contribution in [0.25, 0.3) is 0 Å². The van der Waals surface area contributed by atoms with Crippen LogP contribution in [0.1, 0.15) is 53.1 Å². The third-order valence-electron chi connectivity index (χ3n) is 4.16. The van der Waals surface area contributed by atoms with E-state index >= 15 is 0 Å². The highest BCUT2D eigenvalue weighted by atomic mass is 16.5. The number of pyridine rings is 1. The van der Waals surface area contributed by atoms with Crippen molar-refractivity contribution in [1.29, 1.82) is 0 Å². The number of nitrogens with one attached hydrogen (secondary N) is 1. The van der Waals surface area contributed by atoms with E-state index < -0.39 is 17.8 Å². The van der Waals surface area contributed by atoms with Gasteiger partial charge in [-0.25, -0.2) is 9.78 Å². The Morgan fingerprint density at radius 2 is 1.83 bits per heavy atom. The third kappa shape index (κ3) is 6.39. The molecule has 0 bridgehead atoms. The average molecular weight is 399 g/mol. The number of rotatable bonds is 9. The first kappa shape index (κ1) is 22.0. The molecule has 1 aromatic heterocycles. The van der Waals surface area contributed by atoms with Gasteiger partial charge in [0.2, 0.25) is 5.91 Å². The molecule has 0 saturated heterocycles. The SMILES string of the molecule is CCC(CC)OC(=O)c1cnc(C(=O)NC(=O)CN)c(OCc2ccccc2)c1. The van der Waals surface area contributed by atoms with Crippen molar-refractivity contribution in [3.8, 4) is 5.75 Å². The van der Waals surface area contributed by atoms with Crippen LogP contribution in [0.3, 0.4) is 0 Å². The van der Waals surface area contributed by atoms with Crippen molar-refractivity contribution in [3.05, 3.63) is 59.4 Å². The smallest absolute Gasteiger partial charge is 0.340 e. The lowest BCUT2D eigenvalue weighted by atomic mass is 10.2. The normalized spacial score (nSPS) is 10.5. The minimum absolute atomic E-state index is 0.0650. The average Bonchev–Trinajstić information content (AvgIpc) is 2.76. The molecule has 3 N–H and O–H groups in total. The summed E-state index contributed by atoms with van der Waals surface area (Å²) in [6.45, 7) is 3.66. The Hall–Kier alpha value is -3.26. The van der Waals surface area contributed by atoms with Crippen LogP contribution in [0.5, 0.6) is 5.75 Å². The van der Waals surface area contributed by atoms with E-state index in [0.717, 1.165) is 5.56 Å². The number of carbonyl (C=O) groups excluding carboxylic acids is 3. The Balaban J connectivity index is 2.28. The van der Waals surface area contributed by atoms with Crippen molar-refractivity contribution < 1.29 is 23.9 Å². The van der Waals surface area contributed by atoms with E-state index in [0.29, 0.717) is 12.8 Å². The topological polar surface area (TPSA) is 121 Å². The Morgan fingerprint density at radius 1 is 1.14 bits per heavy atom. The van der Waals surface area contributed by atoms with Crippen molar-refractivity contribution in [3.63, 3.8) is 0 Å². The fourth-order valence-corrected chi connectivity index (χ4v) is 2.48. The van der Waals surface area contributed by atoms with E-state index in [1.54, 1.807) is 0 Å². The van der Waals surface area contributed by atoms with E-state index in [1.807, 2.05) is 44.2 Å². The monoisotopic (exact) mass is 399 g/mol. The molecule has 0 aliphatic rings. The second-order valence-corrected chi connectivity index (χ2v) is 6.27. The molecule has 0 unspecified atom stereocenters. The highest BCUT2D eigenvalue weighted by molar-refractivity contribution is 6.06. The Bertz CT molecular complexity index is 851. The zero-order chi connectivity index (χ0) is 21.2. The van der Waals surface area contributed by atoms with Gasteiger partial charge in [-0.15, -0.1) is 0 Å². The van der Waals surface area contributed by atoms with Gasteiger partial charge in [0.15, 0.2) is 11.4 Å². The molecule has 8 nitrogen and oxygen atoms in total. The summed E-state index contributed by atoms with van der Waals surface area (Å²) in [7, 11) is 0. The molecule has 29 heavy (non-hydrogen) atoms. The van der Waals surface area contributed by atoms with Crippen LogP contribution in [-0.4, -0.2) is 35.4 Å². The molecule has 0 fully saturated rings. The number of hydrogen-bond donors (Lipinski definition) is 2. The van der Waals surface area contributed by atoms with Gasteiger partial charge in [0.1, 0.15) is 12.7 Å². The molecule has 1 aromatic carbocycles. The number of esters is 1. The number of nitrogens with two attached hydrogens (primary N) is 1. The molecule has 8 heteroatoms. The molecule has 1 heterocycles. The van der Waals surface area contributed by atoms with Gasteiger partial charge in [-0.3, -0.25) is 14.9 Å². The van der Waals surface area contributed by atoms with Crippen LogP contribution in [0.4, 0.5) is 0 Å². The molecule has 0 aliphatic carbocycles. The maximum Gasteiger partial charge on any atom is 0.340 e. The standard InChI is InChI=1S/C21H25N3O5/c1-3-16(4-2)29-21(27)15-10-17(28-13-14-8-6-5-7-9-14)19(23-12-15)20(26)24-18(25)11-22/h5-10,12,16H,3-4,11,13,22H2,1-2H3,(H,24,25,26). The molecule has 154 valence electrons. The van der Waals surface area contributed by atoms with E-state index in [4.69, 9.17) is 15.2 Å². The quantitative estimate of drug-likeness (QED) is 0.620. The van der Waals surface area contributed by atoms with E-state index in [1.165, 1.54) is 12.3 Å². The largest absolute Gasteiger partial charge is 0.486 e. The zero-order valence-corrected chi connectivity index (χ0v) is 16.5. The minimum atomic E-state index is -0.761. The van der Waals surface area contributed by atoms with E-state index in [2.05, 4.69) is 10.3 Å². The van der Waals surface area contributed by atoms with Gasteiger partial charge >= 0.3 is 5.97 Å². The zero-order valence-electron chi connectivity index (χ0n) is 16.5. The molecular weight excluding hydrogens is 374 g/mol. The van der Waals surface area contributed by atoms with Crippen molar-refractivity contribution in [2.45, 2.75) is 39.4 Å². The maximum atomic E-state index is 12.4. The van der Waals surface area contributed by atoms with Gasteiger partial charge in [-0.05, 0) is 24.5 Å². The number of imide groups is 1. The Morgan fingerprint density at radius 3 is 2.45 bits per heavy atom. The highest BCUT2D eigenvalue weighted by Gasteiger charge is 2.21. The van der Waals surface area contributed by atoms with Crippen molar-refractivity contribution in [2.24, 2.45) is 5.73 Å². The summed E-state index contributed by atoms with van der Waals surface area (Å²) in [5, 5.41) is 2.12. The molecule has 0 saturated carbocycles. The number of carbonyl (C=O) groups is 3. The van der Waals surface area contributed by atoms with Crippen LogP contribution in [0.15, 0.2) is 42.6 Å². The van der Waals surface area contributed by atoms with Crippen LogP contribution in [0, 0.1) is 0 Å². The summed E-state index contributed by atoms with van der Waals surface area (Å²) < 4.78 is 11.2. The van der Waals surface area contributed by atoms with Crippen molar-refractivity contribution in [1.82, 2.24) is 10.3 Å². The summed E-state index contributed by atoms with van der Waals surface area (Å²) in [6.07, 6.45) is 2.40. The Labute approximate surface area is 169 Å². The molecule has 2 aromatic rings. The van der Waals surface area contributed by atoms with Gasteiger partial charge in [-0.1, -0.05) is 44.2 Å². The lowest BCUT2D eigenvalue weighted by molar-refractivity contribution is -0.118. The summed E-state index contributed by atoms with van der Waals surface area (Å²) in [5.74, 6) is -1.90. The van der Waals surface area contributed by atoms with Gasteiger partial charge < -0.3 is 15.2 Å². The lowest BCUT2D eigenvalue weighted by Crippen LogP contribution is -2.36. The van der Waals surface area contributed by atoms with Crippen LogP contribution >= 0.6 is 0 Å². The van der Waals surface area contributed by atoms with Gasteiger partial charge in [0.25, 0.3) is 5.91 Å². The van der Waals surface area contributed by atoms with E-state index in [9.17, 15) is 14.4 Å². The van der Waals surface area contributed by atoms with Crippen molar-refractivity contribution in [2.75, 3.05) is 6.54 Å². The van der Waals surface area contributed by atoms with Gasteiger partial charge in [0, 0.05) is 6.20 Å². The van der Waals surface area contributed by atoms with Gasteiger partial charge in [-0.2, -0.15) is 0 Å². The summed E-state index contributed by atoms with van der Waals surface area (Å²) in [5.41, 5.74) is 6.12. The summed E-state index contributed by atoms with van der Waals surface area (Å²) >= 11 is 0. The second kappa shape index (κ2) is 10.9. The van der Waals surface area contributed by atoms with Crippen LogP contribution in [-0.2, 0) is 16.1 Å². The van der Waals surface area contributed by atoms with Crippen LogP contribution in [0.2, 0.25) is 0 Å². The van der Waals surface area contributed by atoms with Gasteiger partial charge in [0.05, 0.1) is 12.1 Å². The first-order valence-electron chi connectivity index (χ1n) is 9.40. The molecular formula is C21H25N3O5. The number of amides is 2. The summed E-state index contributed by atoms with van der Waals surface area (Å²) in [4.78, 5) is 40.2. The number of aromatic nitrogens is 1. The number of benzene rings is 1. The van der Waals surface area contributed by atoms with Crippen LogP contribution < -0.4 is 15.8 Å². The molecule has 0 spiro atoms. The fourth-order valence-electron chi connectivity index (χ4n) is 2.48. The highest BCUT2D eigenvalue weighted by Crippen LogP contribution is 2.21. The molecule has 0 atom stereocenters. The first-order valence-corrected chi connectivity index (χ1v) is 9.40.